The van der Waals surface area contributed by atoms with E-state index in [0.717, 1.165) is 21.0 Å². The Kier molecular flexibility index (Phi) is 5.08. The van der Waals surface area contributed by atoms with Crippen LogP contribution >= 0.6 is 0 Å². The van der Waals surface area contributed by atoms with Crippen molar-refractivity contribution in [2.45, 2.75) is 26.0 Å². The minimum absolute atomic E-state index is 0.0113. The van der Waals surface area contributed by atoms with Gasteiger partial charge in [0.25, 0.3) is 0 Å². The van der Waals surface area contributed by atoms with Gasteiger partial charge in [-0.05, 0) is 30.5 Å². The van der Waals surface area contributed by atoms with E-state index in [1.54, 1.807) is 0 Å². The second-order valence-corrected chi connectivity index (χ2v) is 6.67. The Hall–Kier alpha value is -1.40. The molecule has 0 unspecified atom stereocenters. The predicted molar refractivity (Wildman–Crippen MR) is 73.4 cm³/mol. The molecular weight excluding hydrogens is 266 g/mol. The third-order valence-electron chi connectivity index (χ3n) is 3.09. The summed E-state index contributed by atoms with van der Waals surface area (Å²) in [5.74, 6) is -1.10. The maximum absolute atomic E-state index is 12.1. The maximum Gasteiger partial charge on any atom is 0.304 e. The molecule has 1 aromatic carbocycles. The first-order valence-electron chi connectivity index (χ1n) is 5.95. The molecule has 0 spiro atoms. The molecule has 19 heavy (non-hydrogen) atoms. The lowest BCUT2D eigenvalue weighted by atomic mass is 10.1. The van der Waals surface area contributed by atoms with Crippen molar-refractivity contribution >= 4 is 16.0 Å². The van der Waals surface area contributed by atoms with Gasteiger partial charge in [-0.15, -0.1) is 0 Å². The molecule has 0 bridgehead atoms. The lowest BCUT2D eigenvalue weighted by Gasteiger charge is -2.18. The molecule has 0 radical (unpaired) electrons. The van der Waals surface area contributed by atoms with Crippen LogP contribution in [0.2, 0.25) is 0 Å². The zero-order chi connectivity index (χ0) is 14.6. The molecule has 1 N–H and O–H groups in total. The monoisotopic (exact) mass is 285 g/mol. The van der Waals surface area contributed by atoms with E-state index in [0.29, 0.717) is 0 Å². The molecule has 0 aliphatic heterocycles. The largest absolute Gasteiger partial charge is 0.481 e. The van der Waals surface area contributed by atoms with E-state index in [1.807, 2.05) is 32.0 Å². The average molecular weight is 285 g/mol. The minimum atomic E-state index is -3.48. The van der Waals surface area contributed by atoms with Gasteiger partial charge in [0.05, 0.1) is 12.2 Å². The smallest absolute Gasteiger partial charge is 0.304 e. The first kappa shape index (κ1) is 15.7. The number of aryl methyl sites for hydroxylation is 2. The molecule has 0 saturated carbocycles. The summed E-state index contributed by atoms with van der Waals surface area (Å²) in [6, 6.07) is 5.62. The van der Waals surface area contributed by atoms with Crippen molar-refractivity contribution in [1.82, 2.24) is 4.31 Å². The van der Waals surface area contributed by atoms with E-state index in [9.17, 15) is 13.2 Å². The van der Waals surface area contributed by atoms with Gasteiger partial charge >= 0.3 is 5.97 Å². The summed E-state index contributed by atoms with van der Waals surface area (Å²) < 4.78 is 25.4. The zero-order valence-corrected chi connectivity index (χ0v) is 12.2. The van der Waals surface area contributed by atoms with Crippen LogP contribution < -0.4 is 0 Å². The van der Waals surface area contributed by atoms with Gasteiger partial charge in [-0.3, -0.25) is 4.79 Å². The Bertz CT molecular complexity index is 546. The third kappa shape index (κ3) is 4.33. The van der Waals surface area contributed by atoms with Gasteiger partial charge < -0.3 is 5.11 Å². The van der Waals surface area contributed by atoms with Crippen molar-refractivity contribution < 1.29 is 18.3 Å². The molecule has 0 fully saturated rings. The SMILES string of the molecule is Cc1cccc(C)c1CS(=O)(=O)N(C)CCC(=O)O. The molecule has 0 atom stereocenters. The molecule has 6 heteroatoms. The number of nitrogens with zero attached hydrogens (tertiary/aromatic N) is 1. The van der Waals surface area contributed by atoms with E-state index in [-0.39, 0.29) is 18.7 Å². The van der Waals surface area contributed by atoms with Crippen LogP contribution in [0.3, 0.4) is 0 Å². The highest BCUT2D eigenvalue weighted by molar-refractivity contribution is 7.88. The molecule has 0 aliphatic rings. The number of aliphatic carboxylic acids is 1. The predicted octanol–water partition coefficient (Wildman–Crippen LogP) is 1.54. The Morgan fingerprint density at radius 2 is 1.79 bits per heavy atom. The van der Waals surface area contributed by atoms with Crippen LogP contribution in [-0.2, 0) is 20.6 Å². The van der Waals surface area contributed by atoms with E-state index in [2.05, 4.69) is 0 Å². The second kappa shape index (κ2) is 6.16. The second-order valence-electron chi connectivity index (χ2n) is 4.59. The van der Waals surface area contributed by atoms with Crippen LogP contribution in [-0.4, -0.2) is 37.4 Å². The van der Waals surface area contributed by atoms with Gasteiger partial charge in [-0.25, -0.2) is 12.7 Å². The summed E-state index contributed by atoms with van der Waals surface area (Å²) in [6.45, 7) is 3.73. The molecule has 1 rings (SSSR count). The Morgan fingerprint density at radius 3 is 2.26 bits per heavy atom. The van der Waals surface area contributed by atoms with Crippen molar-refractivity contribution in [2.24, 2.45) is 0 Å². The van der Waals surface area contributed by atoms with Crippen molar-refractivity contribution in [3.8, 4) is 0 Å². The molecule has 0 amide bonds. The number of carboxylic acids is 1. The van der Waals surface area contributed by atoms with Gasteiger partial charge in [0.2, 0.25) is 10.0 Å². The normalized spacial score (nSPS) is 11.8. The first-order valence-corrected chi connectivity index (χ1v) is 7.56. The molecular formula is C13H19NO4S. The molecule has 1 aromatic rings. The summed E-state index contributed by atoms with van der Waals surface area (Å²) in [5, 5.41) is 8.58. The molecule has 106 valence electrons. The minimum Gasteiger partial charge on any atom is -0.481 e. The highest BCUT2D eigenvalue weighted by atomic mass is 32.2. The lowest BCUT2D eigenvalue weighted by Crippen LogP contribution is -2.30. The molecule has 0 saturated heterocycles. The highest BCUT2D eigenvalue weighted by Crippen LogP contribution is 2.18. The molecule has 0 aromatic heterocycles. The van der Waals surface area contributed by atoms with Crippen LogP contribution in [0.4, 0.5) is 0 Å². The summed E-state index contributed by atoms with van der Waals surface area (Å²) >= 11 is 0. The number of benzene rings is 1. The van der Waals surface area contributed by atoms with Gasteiger partial charge in [-0.2, -0.15) is 0 Å². The van der Waals surface area contributed by atoms with Crippen molar-refractivity contribution in [2.75, 3.05) is 13.6 Å². The number of rotatable bonds is 6. The summed E-state index contributed by atoms with van der Waals surface area (Å²) in [7, 11) is -2.08. The van der Waals surface area contributed by atoms with E-state index < -0.39 is 16.0 Å². The molecule has 5 nitrogen and oxygen atoms in total. The van der Waals surface area contributed by atoms with Gasteiger partial charge in [0.15, 0.2) is 0 Å². The number of sulfonamides is 1. The van der Waals surface area contributed by atoms with Gasteiger partial charge in [0, 0.05) is 13.6 Å². The fourth-order valence-corrected chi connectivity index (χ4v) is 3.17. The zero-order valence-electron chi connectivity index (χ0n) is 11.4. The molecule has 0 aliphatic carbocycles. The van der Waals surface area contributed by atoms with Crippen LogP contribution in [0.5, 0.6) is 0 Å². The van der Waals surface area contributed by atoms with Crippen LogP contribution in [0.15, 0.2) is 18.2 Å². The Morgan fingerprint density at radius 1 is 1.26 bits per heavy atom. The van der Waals surface area contributed by atoms with Crippen molar-refractivity contribution in [3.05, 3.63) is 34.9 Å². The number of hydrogen-bond donors (Lipinski definition) is 1. The van der Waals surface area contributed by atoms with Crippen molar-refractivity contribution in [3.63, 3.8) is 0 Å². The maximum atomic E-state index is 12.1. The standard InChI is InChI=1S/C13H19NO4S/c1-10-5-4-6-11(2)12(10)9-19(17,18)14(3)8-7-13(15)16/h4-6H,7-9H2,1-3H3,(H,15,16). The fourth-order valence-electron chi connectivity index (χ4n) is 1.76. The Labute approximate surface area is 113 Å². The topological polar surface area (TPSA) is 74.7 Å². The van der Waals surface area contributed by atoms with Crippen molar-refractivity contribution in [1.29, 1.82) is 0 Å². The van der Waals surface area contributed by atoms with E-state index in [4.69, 9.17) is 5.11 Å². The quantitative estimate of drug-likeness (QED) is 0.860. The summed E-state index contributed by atoms with van der Waals surface area (Å²) in [6.07, 6.45) is -0.192. The Balaban J connectivity index is 2.88. The van der Waals surface area contributed by atoms with E-state index >= 15 is 0 Å². The average Bonchev–Trinajstić information content (AvgIpc) is 2.31. The number of hydrogen-bond acceptors (Lipinski definition) is 3. The molecule has 0 heterocycles. The first-order chi connectivity index (χ1) is 8.74. The fraction of sp³-hybridized carbons (Fsp3) is 0.462. The number of carboxylic acid groups (broad SMARTS) is 1. The van der Waals surface area contributed by atoms with Gasteiger partial charge in [-0.1, -0.05) is 18.2 Å². The summed E-state index contributed by atoms with van der Waals surface area (Å²) in [4.78, 5) is 10.5. The van der Waals surface area contributed by atoms with Gasteiger partial charge in [0.1, 0.15) is 0 Å². The van der Waals surface area contributed by atoms with Crippen LogP contribution in [0.25, 0.3) is 0 Å². The number of carbonyl (C=O) groups is 1. The lowest BCUT2D eigenvalue weighted by molar-refractivity contribution is -0.137. The highest BCUT2D eigenvalue weighted by Gasteiger charge is 2.20. The van der Waals surface area contributed by atoms with E-state index in [1.165, 1.54) is 7.05 Å². The summed E-state index contributed by atoms with van der Waals surface area (Å²) in [5.41, 5.74) is 2.63. The van der Waals surface area contributed by atoms with Crippen LogP contribution in [0.1, 0.15) is 23.1 Å². The third-order valence-corrected chi connectivity index (χ3v) is 4.87. The van der Waals surface area contributed by atoms with Crippen LogP contribution in [0, 0.1) is 13.8 Å².